The van der Waals surface area contributed by atoms with Crippen LogP contribution in [0.1, 0.15) is 31.3 Å². The molecule has 0 unspecified atom stereocenters. The maximum Gasteiger partial charge on any atom is 0.363 e. The first-order valence-electron chi connectivity index (χ1n) is 4.20. The quantitative estimate of drug-likeness (QED) is 0.658. The Bertz CT molecular complexity index is 351. The van der Waals surface area contributed by atoms with Gasteiger partial charge in [0.1, 0.15) is 5.60 Å². The number of carbonyl (C=O) groups is 1. The minimum atomic E-state index is -0.555. The molecule has 0 saturated carbocycles. The summed E-state index contributed by atoms with van der Waals surface area (Å²) in [6, 6.07) is 0. The van der Waals surface area contributed by atoms with Crippen molar-refractivity contribution in [1.29, 1.82) is 0 Å². The van der Waals surface area contributed by atoms with Crippen LogP contribution in [0.25, 0.3) is 0 Å². The Kier molecular flexibility index (Phi) is 2.46. The average Bonchev–Trinajstić information content (AvgIpc) is 2.29. The van der Waals surface area contributed by atoms with Gasteiger partial charge in [-0.1, -0.05) is 5.21 Å². The van der Waals surface area contributed by atoms with Crippen LogP contribution in [0.15, 0.2) is 0 Å². The Hall–Kier alpha value is -1.59. The third-order valence-corrected chi connectivity index (χ3v) is 1.46. The van der Waals surface area contributed by atoms with Gasteiger partial charge in [0.05, 0.1) is 0 Å². The second-order valence-corrected chi connectivity index (χ2v) is 3.95. The van der Waals surface area contributed by atoms with Crippen LogP contribution in [-0.4, -0.2) is 26.6 Å². The van der Waals surface area contributed by atoms with E-state index in [9.17, 15) is 4.79 Å². The first-order chi connectivity index (χ1) is 6.31. The van der Waals surface area contributed by atoms with Crippen molar-refractivity contribution in [2.45, 2.75) is 26.4 Å². The molecule has 1 aromatic rings. The van der Waals surface area contributed by atoms with Gasteiger partial charge in [0.2, 0.25) is 5.69 Å². The van der Waals surface area contributed by atoms with E-state index in [0.717, 1.165) is 0 Å². The Balaban J connectivity index is 2.86. The van der Waals surface area contributed by atoms with E-state index in [0.29, 0.717) is 0 Å². The van der Waals surface area contributed by atoms with Crippen molar-refractivity contribution in [1.82, 2.24) is 15.0 Å². The first-order valence-corrected chi connectivity index (χ1v) is 4.20. The van der Waals surface area contributed by atoms with E-state index in [-0.39, 0.29) is 11.5 Å². The highest BCUT2D eigenvalue weighted by atomic mass is 16.6. The molecule has 6 heteroatoms. The van der Waals surface area contributed by atoms with Crippen molar-refractivity contribution in [2.75, 3.05) is 5.73 Å². The van der Waals surface area contributed by atoms with Crippen molar-refractivity contribution < 1.29 is 9.53 Å². The number of anilines is 1. The van der Waals surface area contributed by atoms with Crippen LogP contribution in [-0.2, 0) is 11.8 Å². The normalized spacial score (nSPS) is 11.4. The van der Waals surface area contributed by atoms with Crippen molar-refractivity contribution in [3.05, 3.63) is 5.69 Å². The molecule has 1 aromatic heterocycles. The molecule has 0 spiro atoms. The minimum Gasteiger partial charge on any atom is -0.455 e. The van der Waals surface area contributed by atoms with E-state index in [1.54, 1.807) is 27.8 Å². The number of nitrogen functional groups attached to an aromatic ring is 1. The number of nitrogens with two attached hydrogens (primary N) is 1. The molecule has 6 nitrogen and oxygen atoms in total. The molecule has 0 radical (unpaired) electrons. The predicted molar refractivity (Wildman–Crippen MR) is 50.6 cm³/mol. The zero-order valence-corrected chi connectivity index (χ0v) is 8.74. The van der Waals surface area contributed by atoms with Gasteiger partial charge in [0, 0.05) is 7.05 Å². The molecule has 0 saturated heterocycles. The Morgan fingerprint density at radius 2 is 2.07 bits per heavy atom. The van der Waals surface area contributed by atoms with Crippen LogP contribution in [0, 0.1) is 0 Å². The number of nitrogens with zero attached hydrogens (tertiary/aromatic N) is 3. The van der Waals surface area contributed by atoms with Crippen LogP contribution in [0.4, 0.5) is 5.82 Å². The van der Waals surface area contributed by atoms with Crippen molar-refractivity contribution in [3.63, 3.8) is 0 Å². The predicted octanol–water partition coefficient (Wildman–Crippen LogP) is 0.353. The molecule has 1 rings (SSSR count). The summed E-state index contributed by atoms with van der Waals surface area (Å²) in [5, 5.41) is 7.22. The highest BCUT2D eigenvalue weighted by Crippen LogP contribution is 2.13. The number of aromatic nitrogens is 3. The van der Waals surface area contributed by atoms with Crippen LogP contribution in [0.3, 0.4) is 0 Å². The smallest absolute Gasteiger partial charge is 0.363 e. The van der Waals surface area contributed by atoms with Gasteiger partial charge >= 0.3 is 5.97 Å². The van der Waals surface area contributed by atoms with Crippen LogP contribution >= 0.6 is 0 Å². The molecular weight excluding hydrogens is 184 g/mol. The van der Waals surface area contributed by atoms with E-state index in [4.69, 9.17) is 10.5 Å². The lowest BCUT2D eigenvalue weighted by atomic mass is 10.2. The summed E-state index contributed by atoms with van der Waals surface area (Å²) >= 11 is 0. The van der Waals surface area contributed by atoms with Crippen molar-refractivity contribution in [3.8, 4) is 0 Å². The molecule has 0 aliphatic carbocycles. The third kappa shape index (κ3) is 2.21. The molecule has 1 heterocycles. The molecule has 0 aliphatic rings. The van der Waals surface area contributed by atoms with E-state index in [2.05, 4.69) is 10.3 Å². The lowest BCUT2D eigenvalue weighted by Crippen LogP contribution is -2.24. The summed E-state index contributed by atoms with van der Waals surface area (Å²) in [7, 11) is 1.61. The van der Waals surface area contributed by atoms with Crippen molar-refractivity contribution in [2.24, 2.45) is 7.05 Å². The lowest BCUT2D eigenvalue weighted by Gasteiger charge is -2.18. The monoisotopic (exact) mass is 198 g/mol. The zero-order chi connectivity index (χ0) is 10.9. The Morgan fingerprint density at radius 3 is 2.43 bits per heavy atom. The largest absolute Gasteiger partial charge is 0.455 e. The second kappa shape index (κ2) is 3.28. The number of hydrogen-bond donors (Lipinski definition) is 1. The zero-order valence-electron chi connectivity index (χ0n) is 8.74. The van der Waals surface area contributed by atoms with Gasteiger partial charge in [-0.2, -0.15) is 0 Å². The molecule has 2 N–H and O–H groups in total. The second-order valence-electron chi connectivity index (χ2n) is 3.95. The fourth-order valence-electron chi connectivity index (χ4n) is 0.836. The minimum absolute atomic E-state index is 0.0578. The Labute approximate surface area is 82.0 Å². The summed E-state index contributed by atoms with van der Waals surface area (Å²) in [6.45, 7) is 5.33. The number of esters is 1. The summed E-state index contributed by atoms with van der Waals surface area (Å²) in [5.41, 5.74) is 5.06. The van der Waals surface area contributed by atoms with Gasteiger partial charge in [-0.15, -0.1) is 5.10 Å². The standard InChI is InChI=1S/C8H14N4O2/c1-8(2,3)14-7(13)5-6(9)12(4)11-10-5/h9H2,1-4H3. The first kappa shape index (κ1) is 10.5. The van der Waals surface area contributed by atoms with Crippen LogP contribution in [0.5, 0.6) is 0 Å². The summed E-state index contributed by atoms with van der Waals surface area (Å²) < 4.78 is 6.40. The molecule has 0 fully saturated rings. The van der Waals surface area contributed by atoms with Crippen LogP contribution < -0.4 is 5.73 Å². The van der Waals surface area contributed by atoms with Gasteiger partial charge in [-0.25, -0.2) is 9.48 Å². The maximum absolute atomic E-state index is 11.5. The molecule has 0 aromatic carbocycles. The topological polar surface area (TPSA) is 83.0 Å². The highest BCUT2D eigenvalue weighted by Gasteiger charge is 2.23. The number of rotatable bonds is 1. The van der Waals surface area contributed by atoms with Gasteiger partial charge in [-0.3, -0.25) is 0 Å². The molecule has 0 atom stereocenters. The molecule has 78 valence electrons. The number of carbonyl (C=O) groups excluding carboxylic acids is 1. The number of aryl methyl sites for hydroxylation is 1. The van der Waals surface area contributed by atoms with E-state index < -0.39 is 11.6 Å². The SMILES string of the molecule is Cn1nnc(C(=O)OC(C)(C)C)c1N. The third-order valence-electron chi connectivity index (χ3n) is 1.46. The summed E-state index contributed by atoms with van der Waals surface area (Å²) in [4.78, 5) is 11.5. The molecule has 0 bridgehead atoms. The number of hydrogen-bond acceptors (Lipinski definition) is 5. The fourth-order valence-corrected chi connectivity index (χ4v) is 0.836. The highest BCUT2D eigenvalue weighted by molar-refractivity contribution is 5.92. The molecule has 0 aliphatic heterocycles. The Morgan fingerprint density at radius 1 is 1.50 bits per heavy atom. The fraction of sp³-hybridized carbons (Fsp3) is 0.625. The van der Waals surface area contributed by atoms with E-state index >= 15 is 0 Å². The van der Waals surface area contributed by atoms with Gasteiger partial charge in [-0.05, 0) is 20.8 Å². The summed E-state index contributed by atoms with van der Waals surface area (Å²) in [5.74, 6) is -0.345. The number of ether oxygens (including phenoxy) is 1. The van der Waals surface area contributed by atoms with Crippen LogP contribution in [0.2, 0.25) is 0 Å². The molecule has 14 heavy (non-hydrogen) atoms. The van der Waals surface area contributed by atoms with Gasteiger partial charge in [0.25, 0.3) is 0 Å². The lowest BCUT2D eigenvalue weighted by molar-refractivity contribution is 0.00640. The van der Waals surface area contributed by atoms with E-state index in [1.165, 1.54) is 4.68 Å². The van der Waals surface area contributed by atoms with Crippen molar-refractivity contribution >= 4 is 11.8 Å². The maximum atomic E-state index is 11.5. The van der Waals surface area contributed by atoms with Gasteiger partial charge < -0.3 is 10.5 Å². The molecule has 0 amide bonds. The summed E-state index contributed by atoms with van der Waals surface area (Å²) in [6.07, 6.45) is 0. The molecular formula is C8H14N4O2. The van der Waals surface area contributed by atoms with Gasteiger partial charge in [0.15, 0.2) is 5.82 Å². The average molecular weight is 198 g/mol. The van der Waals surface area contributed by atoms with E-state index in [1.807, 2.05) is 0 Å².